The molecule has 0 saturated heterocycles. The van der Waals surface area contributed by atoms with Gasteiger partial charge in [0, 0.05) is 22.3 Å². The van der Waals surface area contributed by atoms with E-state index >= 15 is 0 Å². The molecule has 0 fully saturated rings. The average molecular weight is 361 g/mol. The molecular weight excluding hydrogens is 348 g/mol. The SMILES string of the molecule is NC(=O)CSCCC(=O)Nc1ccc(Br)c(C(=O)O)c1. The molecule has 2 amide bonds. The summed E-state index contributed by atoms with van der Waals surface area (Å²) in [5.41, 5.74) is 5.46. The second-order valence-corrected chi connectivity index (χ2v) is 5.78. The third kappa shape index (κ3) is 5.62. The van der Waals surface area contributed by atoms with Crippen molar-refractivity contribution >= 4 is 51.2 Å². The van der Waals surface area contributed by atoms with Crippen LogP contribution in [0.3, 0.4) is 0 Å². The molecule has 0 saturated carbocycles. The summed E-state index contributed by atoms with van der Waals surface area (Å²) in [6, 6.07) is 4.53. The Morgan fingerprint density at radius 1 is 1.35 bits per heavy atom. The number of nitrogens with two attached hydrogens (primary N) is 1. The predicted octanol–water partition coefficient (Wildman–Crippen LogP) is 1.69. The highest BCUT2D eigenvalue weighted by Crippen LogP contribution is 2.21. The maximum Gasteiger partial charge on any atom is 0.336 e. The van der Waals surface area contributed by atoms with E-state index in [1.165, 1.54) is 17.8 Å². The van der Waals surface area contributed by atoms with E-state index in [4.69, 9.17) is 10.8 Å². The molecule has 1 aromatic carbocycles. The van der Waals surface area contributed by atoms with Gasteiger partial charge in [-0.2, -0.15) is 11.8 Å². The van der Waals surface area contributed by atoms with Gasteiger partial charge in [0.15, 0.2) is 0 Å². The Kier molecular flexibility index (Phi) is 6.53. The number of benzene rings is 1. The molecule has 4 N–H and O–H groups in total. The van der Waals surface area contributed by atoms with Crippen LogP contribution in [0.2, 0.25) is 0 Å². The van der Waals surface area contributed by atoms with Gasteiger partial charge in [-0.3, -0.25) is 9.59 Å². The minimum absolute atomic E-state index is 0.0749. The quantitative estimate of drug-likeness (QED) is 0.641. The smallest absolute Gasteiger partial charge is 0.336 e. The number of rotatable bonds is 7. The Morgan fingerprint density at radius 3 is 2.65 bits per heavy atom. The molecule has 0 unspecified atom stereocenters. The van der Waals surface area contributed by atoms with Crippen molar-refractivity contribution in [3.8, 4) is 0 Å². The highest BCUT2D eigenvalue weighted by Gasteiger charge is 2.10. The lowest BCUT2D eigenvalue weighted by Gasteiger charge is -2.07. The highest BCUT2D eigenvalue weighted by molar-refractivity contribution is 9.10. The predicted molar refractivity (Wildman–Crippen MR) is 80.9 cm³/mol. The van der Waals surface area contributed by atoms with E-state index in [0.717, 1.165) is 0 Å². The van der Waals surface area contributed by atoms with Crippen molar-refractivity contribution < 1.29 is 19.5 Å². The van der Waals surface area contributed by atoms with Gasteiger partial charge in [-0.25, -0.2) is 4.79 Å². The summed E-state index contributed by atoms with van der Waals surface area (Å²) in [6.45, 7) is 0. The largest absolute Gasteiger partial charge is 0.478 e. The Labute approximate surface area is 128 Å². The van der Waals surface area contributed by atoms with Crippen molar-refractivity contribution in [2.24, 2.45) is 5.73 Å². The molecule has 0 aliphatic rings. The number of primary amides is 1. The third-order valence-electron chi connectivity index (χ3n) is 2.20. The first-order valence-electron chi connectivity index (χ1n) is 5.59. The number of aromatic carboxylic acids is 1. The molecule has 0 aliphatic carbocycles. The molecule has 0 heterocycles. The lowest BCUT2D eigenvalue weighted by atomic mass is 10.2. The summed E-state index contributed by atoms with van der Waals surface area (Å²) in [4.78, 5) is 33.1. The summed E-state index contributed by atoms with van der Waals surface area (Å²) < 4.78 is 0.444. The zero-order valence-electron chi connectivity index (χ0n) is 10.4. The Hall–Kier alpha value is -1.54. The number of halogens is 1. The fourth-order valence-corrected chi connectivity index (χ4v) is 2.42. The number of carboxylic acid groups (broad SMARTS) is 1. The Morgan fingerprint density at radius 2 is 2.05 bits per heavy atom. The summed E-state index contributed by atoms with van der Waals surface area (Å²) in [5, 5.41) is 11.6. The minimum atomic E-state index is -1.08. The summed E-state index contributed by atoms with van der Waals surface area (Å²) >= 11 is 4.40. The fourth-order valence-electron chi connectivity index (χ4n) is 1.33. The van der Waals surface area contributed by atoms with Crippen LogP contribution in [0.4, 0.5) is 5.69 Å². The number of amides is 2. The van der Waals surface area contributed by atoms with Crippen molar-refractivity contribution in [3.63, 3.8) is 0 Å². The zero-order chi connectivity index (χ0) is 15.1. The van der Waals surface area contributed by atoms with Crippen LogP contribution in [-0.4, -0.2) is 34.4 Å². The van der Waals surface area contributed by atoms with E-state index in [1.54, 1.807) is 12.1 Å². The number of carbonyl (C=O) groups is 3. The molecule has 108 valence electrons. The molecule has 8 heteroatoms. The van der Waals surface area contributed by atoms with Crippen LogP contribution in [0.5, 0.6) is 0 Å². The van der Waals surface area contributed by atoms with Gasteiger partial charge in [0.2, 0.25) is 11.8 Å². The van der Waals surface area contributed by atoms with Crippen molar-refractivity contribution in [2.75, 3.05) is 16.8 Å². The third-order valence-corrected chi connectivity index (χ3v) is 3.87. The zero-order valence-corrected chi connectivity index (χ0v) is 12.8. The summed E-state index contributed by atoms with van der Waals surface area (Å²) in [5.74, 6) is -1.11. The van der Waals surface area contributed by atoms with Crippen LogP contribution >= 0.6 is 27.7 Å². The van der Waals surface area contributed by atoms with E-state index < -0.39 is 11.9 Å². The summed E-state index contributed by atoms with van der Waals surface area (Å²) in [6.07, 6.45) is 0.219. The molecular formula is C12H13BrN2O4S. The normalized spacial score (nSPS) is 10.1. The van der Waals surface area contributed by atoms with E-state index in [-0.39, 0.29) is 23.6 Å². The number of carboxylic acids is 1. The number of hydrogen-bond acceptors (Lipinski definition) is 4. The van der Waals surface area contributed by atoms with E-state index in [1.807, 2.05) is 0 Å². The van der Waals surface area contributed by atoms with Crippen molar-refractivity contribution in [3.05, 3.63) is 28.2 Å². The molecule has 0 bridgehead atoms. The number of carbonyl (C=O) groups excluding carboxylic acids is 2. The second-order valence-electron chi connectivity index (χ2n) is 3.82. The van der Waals surface area contributed by atoms with Crippen molar-refractivity contribution in [2.45, 2.75) is 6.42 Å². The number of anilines is 1. The van der Waals surface area contributed by atoms with Gasteiger partial charge in [0.05, 0.1) is 11.3 Å². The molecule has 20 heavy (non-hydrogen) atoms. The lowest BCUT2D eigenvalue weighted by Crippen LogP contribution is -2.16. The van der Waals surface area contributed by atoms with Gasteiger partial charge >= 0.3 is 5.97 Å². The van der Waals surface area contributed by atoms with Crippen LogP contribution in [0.1, 0.15) is 16.8 Å². The van der Waals surface area contributed by atoms with Gasteiger partial charge in [-0.05, 0) is 34.1 Å². The van der Waals surface area contributed by atoms with Gasteiger partial charge < -0.3 is 16.2 Å². The van der Waals surface area contributed by atoms with Gasteiger partial charge in [0.1, 0.15) is 0 Å². The van der Waals surface area contributed by atoms with Crippen LogP contribution in [0.25, 0.3) is 0 Å². The monoisotopic (exact) mass is 360 g/mol. The Balaban J connectivity index is 2.52. The average Bonchev–Trinajstić information content (AvgIpc) is 2.36. The molecule has 6 nitrogen and oxygen atoms in total. The van der Waals surface area contributed by atoms with Gasteiger partial charge in [-0.1, -0.05) is 0 Å². The topological polar surface area (TPSA) is 109 Å². The van der Waals surface area contributed by atoms with Gasteiger partial charge in [-0.15, -0.1) is 0 Å². The lowest BCUT2D eigenvalue weighted by molar-refractivity contribution is -0.116. The van der Waals surface area contributed by atoms with E-state index in [0.29, 0.717) is 15.9 Å². The van der Waals surface area contributed by atoms with E-state index in [9.17, 15) is 14.4 Å². The molecule has 0 aromatic heterocycles. The van der Waals surface area contributed by atoms with Crippen LogP contribution in [-0.2, 0) is 9.59 Å². The summed E-state index contributed by atoms with van der Waals surface area (Å²) in [7, 11) is 0. The van der Waals surface area contributed by atoms with E-state index in [2.05, 4.69) is 21.2 Å². The van der Waals surface area contributed by atoms with Crippen molar-refractivity contribution in [1.29, 1.82) is 0 Å². The molecule has 1 aromatic rings. The van der Waals surface area contributed by atoms with Crippen LogP contribution < -0.4 is 11.1 Å². The van der Waals surface area contributed by atoms with Crippen LogP contribution in [0, 0.1) is 0 Å². The van der Waals surface area contributed by atoms with Crippen LogP contribution in [0.15, 0.2) is 22.7 Å². The first-order chi connectivity index (χ1) is 9.40. The molecule has 0 atom stereocenters. The first kappa shape index (κ1) is 16.5. The first-order valence-corrected chi connectivity index (χ1v) is 7.53. The second kappa shape index (κ2) is 7.91. The molecule has 0 radical (unpaired) electrons. The molecule has 1 rings (SSSR count). The number of thioether (sulfide) groups is 1. The number of hydrogen-bond donors (Lipinski definition) is 3. The maximum atomic E-state index is 11.6. The minimum Gasteiger partial charge on any atom is -0.478 e. The molecule has 0 spiro atoms. The molecule has 0 aliphatic heterocycles. The standard InChI is InChI=1S/C12H13BrN2O4S/c13-9-2-1-7(5-8(9)12(18)19)15-11(17)3-4-20-6-10(14)16/h1-2,5H,3-4,6H2,(H2,14,16)(H,15,17)(H,18,19). The number of nitrogens with one attached hydrogen (secondary N) is 1. The Bertz CT molecular complexity index is 536. The van der Waals surface area contributed by atoms with Crippen molar-refractivity contribution in [1.82, 2.24) is 0 Å². The maximum absolute atomic E-state index is 11.6. The fraction of sp³-hybridized carbons (Fsp3) is 0.250. The van der Waals surface area contributed by atoms with Gasteiger partial charge in [0.25, 0.3) is 0 Å². The highest BCUT2D eigenvalue weighted by atomic mass is 79.9.